The Morgan fingerprint density at radius 2 is 1.77 bits per heavy atom. The molecular formula is C11H11NO. The molecule has 1 heterocycles. The summed E-state index contributed by atoms with van der Waals surface area (Å²) in [6.07, 6.45) is 3.43. The van der Waals surface area contributed by atoms with E-state index in [-0.39, 0.29) is 0 Å². The fourth-order valence-corrected chi connectivity index (χ4v) is 1.26. The monoisotopic (exact) mass is 173 g/mol. The van der Waals surface area contributed by atoms with Gasteiger partial charge in [-0.05, 0) is 23.8 Å². The van der Waals surface area contributed by atoms with Crippen LogP contribution in [0.4, 0.5) is 5.69 Å². The molecule has 0 aliphatic heterocycles. The molecule has 0 saturated carbocycles. The van der Waals surface area contributed by atoms with Crippen LogP contribution in [0.1, 0.15) is 0 Å². The van der Waals surface area contributed by atoms with Gasteiger partial charge in [-0.2, -0.15) is 0 Å². The molecule has 13 heavy (non-hydrogen) atoms. The van der Waals surface area contributed by atoms with Gasteiger partial charge in [0.05, 0.1) is 12.5 Å². The maximum Gasteiger partial charge on any atom is 0.0980 e. The van der Waals surface area contributed by atoms with Gasteiger partial charge in [0.25, 0.3) is 0 Å². The molecule has 0 unspecified atom stereocenters. The molecule has 1 N–H and O–H groups in total. The third-order valence-electron chi connectivity index (χ3n) is 2.03. The summed E-state index contributed by atoms with van der Waals surface area (Å²) in [5.74, 6) is 0. The van der Waals surface area contributed by atoms with Gasteiger partial charge in [-0.1, -0.05) is 12.1 Å². The van der Waals surface area contributed by atoms with Crippen molar-refractivity contribution >= 4 is 5.69 Å². The molecule has 0 saturated heterocycles. The second kappa shape index (κ2) is 3.35. The number of nitrogens with one attached hydrogen (secondary N) is 1. The van der Waals surface area contributed by atoms with E-state index in [0.29, 0.717) is 0 Å². The molecule has 0 bridgehead atoms. The van der Waals surface area contributed by atoms with Crippen molar-refractivity contribution in [3.63, 3.8) is 0 Å². The molecule has 2 aromatic rings. The van der Waals surface area contributed by atoms with Gasteiger partial charge in [-0.25, -0.2) is 0 Å². The highest BCUT2D eigenvalue weighted by Gasteiger charge is 1.97. The van der Waals surface area contributed by atoms with Crippen LogP contribution in [0, 0.1) is 0 Å². The van der Waals surface area contributed by atoms with Crippen molar-refractivity contribution in [2.45, 2.75) is 0 Å². The van der Waals surface area contributed by atoms with Crippen LogP contribution >= 0.6 is 0 Å². The van der Waals surface area contributed by atoms with Gasteiger partial charge in [0, 0.05) is 18.3 Å². The van der Waals surface area contributed by atoms with Gasteiger partial charge in [0.1, 0.15) is 0 Å². The van der Waals surface area contributed by atoms with Gasteiger partial charge in [-0.15, -0.1) is 0 Å². The third kappa shape index (κ3) is 1.56. The smallest absolute Gasteiger partial charge is 0.0980 e. The zero-order chi connectivity index (χ0) is 9.10. The maximum absolute atomic E-state index is 5.01. The lowest BCUT2D eigenvalue weighted by Crippen LogP contribution is -1.86. The van der Waals surface area contributed by atoms with Crippen molar-refractivity contribution in [2.75, 3.05) is 12.4 Å². The number of rotatable bonds is 2. The molecule has 0 fully saturated rings. The van der Waals surface area contributed by atoms with Crippen molar-refractivity contribution < 1.29 is 4.42 Å². The van der Waals surface area contributed by atoms with E-state index in [0.717, 1.165) is 11.3 Å². The van der Waals surface area contributed by atoms with E-state index in [9.17, 15) is 0 Å². The molecule has 0 aliphatic carbocycles. The highest BCUT2D eigenvalue weighted by molar-refractivity contribution is 5.64. The molecule has 0 amide bonds. The molecule has 1 aromatic heterocycles. The van der Waals surface area contributed by atoms with E-state index < -0.39 is 0 Å². The summed E-state index contributed by atoms with van der Waals surface area (Å²) < 4.78 is 5.01. The lowest BCUT2D eigenvalue weighted by Gasteiger charge is -2.00. The number of anilines is 1. The lowest BCUT2D eigenvalue weighted by molar-refractivity contribution is 0.568. The van der Waals surface area contributed by atoms with Crippen molar-refractivity contribution in [2.24, 2.45) is 0 Å². The first-order valence-corrected chi connectivity index (χ1v) is 4.20. The van der Waals surface area contributed by atoms with Crippen molar-refractivity contribution in [3.05, 3.63) is 42.9 Å². The van der Waals surface area contributed by atoms with Crippen LogP contribution in [0.3, 0.4) is 0 Å². The van der Waals surface area contributed by atoms with Crippen molar-refractivity contribution in [1.29, 1.82) is 0 Å². The largest absolute Gasteiger partial charge is 0.472 e. The minimum atomic E-state index is 1.11. The predicted octanol–water partition coefficient (Wildman–Crippen LogP) is 2.99. The zero-order valence-electron chi connectivity index (χ0n) is 7.45. The second-order valence-electron chi connectivity index (χ2n) is 2.84. The van der Waals surface area contributed by atoms with Crippen LogP contribution in [-0.2, 0) is 0 Å². The molecule has 2 heteroatoms. The molecule has 1 aromatic carbocycles. The fourth-order valence-electron chi connectivity index (χ4n) is 1.26. The minimum absolute atomic E-state index is 1.11. The van der Waals surface area contributed by atoms with E-state index in [1.165, 1.54) is 5.56 Å². The molecule has 66 valence electrons. The SMILES string of the molecule is CNc1ccc(-c2ccoc2)cc1. The van der Waals surface area contributed by atoms with Gasteiger partial charge in [-0.3, -0.25) is 0 Å². The van der Waals surface area contributed by atoms with E-state index in [2.05, 4.69) is 17.4 Å². The molecule has 0 aliphatic rings. The summed E-state index contributed by atoms with van der Waals surface area (Å²) in [4.78, 5) is 0. The summed E-state index contributed by atoms with van der Waals surface area (Å²) in [5.41, 5.74) is 3.41. The van der Waals surface area contributed by atoms with E-state index in [1.807, 2.05) is 25.2 Å². The van der Waals surface area contributed by atoms with Gasteiger partial charge >= 0.3 is 0 Å². The van der Waals surface area contributed by atoms with Gasteiger partial charge < -0.3 is 9.73 Å². The summed E-state index contributed by atoms with van der Waals surface area (Å²) in [7, 11) is 1.91. The number of hydrogen-bond acceptors (Lipinski definition) is 2. The minimum Gasteiger partial charge on any atom is -0.472 e. The van der Waals surface area contributed by atoms with Crippen molar-refractivity contribution in [3.8, 4) is 11.1 Å². The average Bonchev–Trinajstić information content (AvgIpc) is 2.71. The Bertz CT molecular complexity index is 361. The number of furan rings is 1. The molecule has 2 nitrogen and oxygen atoms in total. The van der Waals surface area contributed by atoms with Crippen LogP contribution in [0.25, 0.3) is 11.1 Å². The van der Waals surface area contributed by atoms with Crippen LogP contribution < -0.4 is 5.32 Å². The second-order valence-corrected chi connectivity index (χ2v) is 2.84. The summed E-state index contributed by atoms with van der Waals surface area (Å²) in [6.45, 7) is 0. The summed E-state index contributed by atoms with van der Waals surface area (Å²) >= 11 is 0. The van der Waals surface area contributed by atoms with E-state index in [4.69, 9.17) is 4.42 Å². The molecule has 0 spiro atoms. The first-order chi connectivity index (χ1) is 6.40. The molecule has 0 atom stereocenters. The van der Waals surface area contributed by atoms with Gasteiger partial charge in [0.2, 0.25) is 0 Å². The number of hydrogen-bond donors (Lipinski definition) is 1. The standard InChI is InChI=1S/C11H11NO/c1-12-11-4-2-9(3-5-11)10-6-7-13-8-10/h2-8,12H,1H3. The molecule has 2 rings (SSSR count). The zero-order valence-corrected chi connectivity index (χ0v) is 7.45. The van der Waals surface area contributed by atoms with Crippen LogP contribution in [0.2, 0.25) is 0 Å². The Morgan fingerprint density at radius 1 is 1.00 bits per heavy atom. The fraction of sp³-hybridized carbons (Fsp3) is 0.0909. The number of benzene rings is 1. The highest BCUT2D eigenvalue weighted by atomic mass is 16.3. The Kier molecular flexibility index (Phi) is 2.04. The first kappa shape index (κ1) is 7.92. The quantitative estimate of drug-likeness (QED) is 0.755. The van der Waals surface area contributed by atoms with Gasteiger partial charge in [0.15, 0.2) is 0 Å². The highest BCUT2D eigenvalue weighted by Crippen LogP contribution is 2.21. The Hall–Kier alpha value is -1.70. The average molecular weight is 173 g/mol. The van der Waals surface area contributed by atoms with Crippen LogP contribution in [0.15, 0.2) is 47.3 Å². The molecule has 0 radical (unpaired) electrons. The van der Waals surface area contributed by atoms with Crippen LogP contribution in [-0.4, -0.2) is 7.05 Å². The normalized spacial score (nSPS) is 9.92. The summed E-state index contributed by atoms with van der Waals surface area (Å²) in [6, 6.07) is 10.2. The Balaban J connectivity index is 2.33. The van der Waals surface area contributed by atoms with Crippen LogP contribution in [0.5, 0.6) is 0 Å². The maximum atomic E-state index is 5.01. The third-order valence-corrected chi connectivity index (χ3v) is 2.03. The summed E-state index contributed by atoms with van der Waals surface area (Å²) in [5, 5.41) is 3.08. The Morgan fingerprint density at radius 3 is 2.31 bits per heavy atom. The first-order valence-electron chi connectivity index (χ1n) is 4.20. The predicted molar refractivity (Wildman–Crippen MR) is 53.7 cm³/mol. The van der Waals surface area contributed by atoms with E-state index >= 15 is 0 Å². The van der Waals surface area contributed by atoms with E-state index in [1.54, 1.807) is 12.5 Å². The Labute approximate surface area is 77.2 Å². The molecular weight excluding hydrogens is 162 g/mol. The van der Waals surface area contributed by atoms with Crippen molar-refractivity contribution in [1.82, 2.24) is 0 Å². The lowest BCUT2D eigenvalue weighted by atomic mass is 10.1. The topological polar surface area (TPSA) is 25.2 Å².